The van der Waals surface area contributed by atoms with Gasteiger partial charge in [0.1, 0.15) is 10.8 Å². The Kier molecular flexibility index (Phi) is 5.85. The first kappa shape index (κ1) is 18.7. The number of aryl methyl sites for hydroxylation is 1. The minimum Gasteiger partial charge on any atom is -0.462 e. The van der Waals surface area contributed by atoms with Gasteiger partial charge >= 0.3 is 5.97 Å². The summed E-state index contributed by atoms with van der Waals surface area (Å²) in [6.45, 7) is 5.51. The first-order valence-corrected chi connectivity index (χ1v) is 8.56. The van der Waals surface area contributed by atoms with Crippen molar-refractivity contribution >= 4 is 51.4 Å². The SMILES string of the molecule is CCOC(=O)c1c(NC(=O)c2cc(F)c(Cl)cc2Cl)sc(C)c1C. The third kappa shape index (κ3) is 3.71. The molecule has 0 saturated carbocycles. The minimum atomic E-state index is -0.754. The smallest absolute Gasteiger partial charge is 0.341 e. The number of hydrogen-bond acceptors (Lipinski definition) is 4. The molecule has 0 aliphatic rings. The lowest BCUT2D eigenvalue weighted by Crippen LogP contribution is -2.15. The van der Waals surface area contributed by atoms with E-state index in [1.165, 1.54) is 11.3 Å². The van der Waals surface area contributed by atoms with E-state index in [0.29, 0.717) is 10.6 Å². The number of anilines is 1. The van der Waals surface area contributed by atoms with Crippen LogP contribution in [0.2, 0.25) is 10.0 Å². The first-order chi connectivity index (χ1) is 11.3. The van der Waals surface area contributed by atoms with E-state index in [9.17, 15) is 14.0 Å². The van der Waals surface area contributed by atoms with Crippen LogP contribution in [0.5, 0.6) is 0 Å². The van der Waals surface area contributed by atoms with Crippen LogP contribution in [-0.4, -0.2) is 18.5 Å². The van der Waals surface area contributed by atoms with Crippen LogP contribution in [0.25, 0.3) is 0 Å². The summed E-state index contributed by atoms with van der Waals surface area (Å²) in [5.74, 6) is -1.92. The van der Waals surface area contributed by atoms with Crippen LogP contribution in [0.15, 0.2) is 12.1 Å². The van der Waals surface area contributed by atoms with Crippen molar-refractivity contribution in [3.8, 4) is 0 Å². The summed E-state index contributed by atoms with van der Waals surface area (Å²) in [6, 6.07) is 2.11. The average molecular weight is 390 g/mol. The normalized spacial score (nSPS) is 10.6. The summed E-state index contributed by atoms with van der Waals surface area (Å²) >= 11 is 12.8. The van der Waals surface area contributed by atoms with Gasteiger partial charge < -0.3 is 10.1 Å². The number of halogens is 3. The molecule has 0 atom stereocenters. The number of hydrogen-bond donors (Lipinski definition) is 1. The molecule has 1 aromatic carbocycles. The van der Waals surface area contributed by atoms with Gasteiger partial charge in [0.25, 0.3) is 5.91 Å². The summed E-state index contributed by atoms with van der Waals surface area (Å²) in [4.78, 5) is 25.4. The standard InChI is InChI=1S/C16H14Cl2FNO3S/c1-4-23-16(22)13-7(2)8(3)24-15(13)20-14(21)9-5-12(19)11(18)6-10(9)17/h5-6H,4H2,1-3H3,(H,20,21). The Balaban J connectivity index is 2.38. The Hall–Kier alpha value is -1.63. The molecule has 0 bridgehead atoms. The lowest BCUT2D eigenvalue weighted by Gasteiger charge is -2.09. The molecule has 1 amide bonds. The average Bonchev–Trinajstić information content (AvgIpc) is 2.77. The maximum absolute atomic E-state index is 13.6. The van der Waals surface area contributed by atoms with Gasteiger partial charge in [-0.05, 0) is 38.5 Å². The zero-order valence-electron chi connectivity index (χ0n) is 13.1. The number of benzene rings is 1. The number of nitrogens with one attached hydrogen (secondary N) is 1. The number of ether oxygens (including phenoxy) is 1. The molecule has 1 heterocycles. The minimum absolute atomic E-state index is 0.0154. The first-order valence-electron chi connectivity index (χ1n) is 6.99. The predicted octanol–water partition coefficient (Wildman–Crippen LogP) is 5.24. The number of carbonyl (C=O) groups excluding carboxylic acids is 2. The highest BCUT2D eigenvalue weighted by molar-refractivity contribution is 7.16. The third-order valence-corrected chi connectivity index (χ3v) is 5.07. The summed E-state index contributed by atoms with van der Waals surface area (Å²) in [5, 5.41) is 2.77. The second-order valence-corrected chi connectivity index (χ2v) is 6.95. The molecule has 1 aromatic heterocycles. The molecule has 0 aliphatic carbocycles. The van der Waals surface area contributed by atoms with Crippen molar-refractivity contribution in [3.63, 3.8) is 0 Å². The number of amides is 1. The number of thiophene rings is 1. The number of rotatable bonds is 4. The predicted molar refractivity (Wildman–Crippen MR) is 94.1 cm³/mol. The summed E-state index contributed by atoms with van der Waals surface area (Å²) in [6.07, 6.45) is 0. The van der Waals surface area contributed by atoms with E-state index in [1.807, 2.05) is 6.92 Å². The van der Waals surface area contributed by atoms with E-state index in [-0.39, 0.29) is 22.2 Å². The molecule has 128 valence electrons. The fourth-order valence-corrected chi connectivity index (χ4v) is 3.54. The van der Waals surface area contributed by atoms with Crippen LogP contribution in [0.1, 0.15) is 38.1 Å². The second kappa shape index (κ2) is 7.51. The molecule has 1 N–H and O–H groups in total. The molecular weight excluding hydrogens is 376 g/mol. The highest BCUT2D eigenvalue weighted by atomic mass is 35.5. The van der Waals surface area contributed by atoms with Gasteiger partial charge in [-0.3, -0.25) is 4.79 Å². The zero-order valence-corrected chi connectivity index (χ0v) is 15.5. The fraction of sp³-hybridized carbons (Fsp3) is 0.250. The van der Waals surface area contributed by atoms with Gasteiger partial charge in [-0.25, -0.2) is 9.18 Å². The van der Waals surface area contributed by atoms with Crippen molar-refractivity contribution in [1.82, 2.24) is 0 Å². The van der Waals surface area contributed by atoms with E-state index in [0.717, 1.165) is 22.6 Å². The summed E-state index contributed by atoms with van der Waals surface area (Å²) < 4.78 is 18.6. The van der Waals surface area contributed by atoms with E-state index < -0.39 is 17.7 Å². The van der Waals surface area contributed by atoms with Crippen molar-refractivity contribution in [2.24, 2.45) is 0 Å². The lowest BCUT2D eigenvalue weighted by molar-refractivity contribution is 0.0527. The molecule has 8 heteroatoms. The Morgan fingerprint density at radius 2 is 1.92 bits per heavy atom. The van der Waals surface area contributed by atoms with Crippen LogP contribution in [0.3, 0.4) is 0 Å². The quantitative estimate of drug-likeness (QED) is 0.574. The molecular formula is C16H14Cl2FNO3S. The number of carbonyl (C=O) groups is 2. The van der Waals surface area contributed by atoms with Gasteiger partial charge in [-0.2, -0.15) is 0 Å². The topological polar surface area (TPSA) is 55.4 Å². The highest BCUT2D eigenvalue weighted by Gasteiger charge is 2.23. The van der Waals surface area contributed by atoms with Crippen LogP contribution in [-0.2, 0) is 4.74 Å². The maximum atomic E-state index is 13.6. The summed E-state index contributed by atoms with van der Waals surface area (Å²) in [7, 11) is 0. The third-order valence-electron chi connectivity index (χ3n) is 3.35. The van der Waals surface area contributed by atoms with Crippen molar-refractivity contribution in [2.45, 2.75) is 20.8 Å². The van der Waals surface area contributed by atoms with Gasteiger partial charge in [0.2, 0.25) is 0 Å². The molecule has 0 saturated heterocycles. The van der Waals surface area contributed by atoms with Gasteiger partial charge in [0.05, 0.1) is 27.8 Å². The Labute approximate surface area is 152 Å². The molecule has 4 nitrogen and oxygen atoms in total. The van der Waals surface area contributed by atoms with Crippen molar-refractivity contribution in [1.29, 1.82) is 0 Å². The van der Waals surface area contributed by atoms with Gasteiger partial charge in [0.15, 0.2) is 0 Å². The van der Waals surface area contributed by atoms with E-state index in [2.05, 4.69) is 5.32 Å². The molecule has 0 unspecified atom stereocenters. The lowest BCUT2D eigenvalue weighted by atomic mass is 10.1. The molecule has 2 aromatic rings. The fourth-order valence-electron chi connectivity index (χ4n) is 2.03. The zero-order chi connectivity index (χ0) is 18.0. The molecule has 0 radical (unpaired) electrons. The second-order valence-electron chi connectivity index (χ2n) is 4.91. The Morgan fingerprint density at radius 1 is 1.25 bits per heavy atom. The van der Waals surface area contributed by atoms with E-state index >= 15 is 0 Å². The van der Waals surface area contributed by atoms with Crippen molar-refractivity contribution in [3.05, 3.63) is 49.6 Å². The molecule has 2 rings (SSSR count). The highest BCUT2D eigenvalue weighted by Crippen LogP contribution is 2.34. The Bertz CT molecular complexity index is 820. The number of esters is 1. The summed E-state index contributed by atoms with van der Waals surface area (Å²) in [5.41, 5.74) is 0.942. The van der Waals surface area contributed by atoms with Gasteiger partial charge in [0, 0.05) is 4.88 Å². The molecule has 24 heavy (non-hydrogen) atoms. The van der Waals surface area contributed by atoms with Gasteiger partial charge in [-0.1, -0.05) is 23.2 Å². The molecule has 0 spiro atoms. The largest absolute Gasteiger partial charge is 0.462 e. The van der Waals surface area contributed by atoms with Crippen molar-refractivity contribution < 1.29 is 18.7 Å². The van der Waals surface area contributed by atoms with E-state index in [1.54, 1.807) is 13.8 Å². The van der Waals surface area contributed by atoms with Crippen LogP contribution in [0.4, 0.5) is 9.39 Å². The van der Waals surface area contributed by atoms with Crippen LogP contribution >= 0.6 is 34.5 Å². The van der Waals surface area contributed by atoms with Crippen LogP contribution < -0.4 is 5.32 Å². The van der Waals surface area contributed by atoms with Gasteiger partial charge in [-0.15, -0.1) is 11.3 Å². The van der Waals surface area contributed by atoms with Crippen molar-refractivity contribution in [2.75, 3.05) is 11.9 Å². The van der Waals surface area contributed by atoms with Crippen LogP contribution in [0, 0.1) is 19.7 Å². The monoisotopic (exact) mass is 389 g/mol. The molecule has 0 aliphatic heterocycles. The Morgan fingerprint density at radius 3 is 2.54 bits per heavy atom. The maximum Gasteiger partial charge on any atom is 0.341 e. The van der Waals surface area contributed by atoms with E-state index in [4.69, 9.17) is 27.9 Å². The molecule has 0 fully saturated rings.